The van der Waals surface area contributed by atoms with E-state index in [1.807, 2.05) is 0 Å². The molecule has 0 aliphatic carbocycles. The van der Waals surface area contributed by atoms with Gasteiger partial charge in [0, 0.05) is 33.4 Å². The van der Waals surface area contributed by atoms with Gasteiger partial charge in [0.1, 0.15) is 6.10 Å². The number of likely N-dealkylation sites (N-methyl/N-ethyl adjacent to an activating group) is 1. The number of ether oxygens (including phenoxy) is 1. The Morgan fingerprint density at radius 2 is 1.86 bits per heavy atom. The summed E-state index contributed by atoms with van der Waals surface area (Å²) >= 11 is 0. The fourth-order valence-corrected chi connectivity index (χ4v) is 1.57. The Balaban J connectivity index is 0.00000400. The van der Waals surface area contributed by atoms with E-state index in [-0.39, 0.29) is 30.8 Å². The van der Waals surface area contributed by atoms with Gasteiger partial charge in [0.25, 0.3) is 5.91 Å². The van der Waals surface area contributed by atoms with E-state index in [2.05, 4.69) is 5.32 Å². The van der Waals surface area contributed by atoms with Gasteiger partial charge in [-0.1, -0.05) is 12.1 Å². The summed E-state index contributed by atoms with van der Waals surface area (Å²) in [7, 11) is 4.87. The number of methoxy groups -OCH3 is 1. The molecule has 0 radical (unpaired) electrons. The lowest BCUT2D eigenvalue weighted by molar-refractivity contribution is -0.128. The van der Waals surface area contributed by atoms with Crippen LogP contribution in [0.3, 0.4) is 0 Å². The van der Waals surface area contributed by atoms with Gasteiger partial charge in [-0.25, -0.2) is 0 Å². The van der Waals surface area contributed by atoms with Crippen molar-refractivity contribution in [3.8, 4) is 0 Å². The van der Waals surface area contributed by atoms with Crippen LogP contribution in [-0.4, -0.2) is 50.6 Å². The third kappa shape index (κ3) is 6.12. The van der Waals surface area contributed by atoms with E-state index >= 15 is 0 Å². The van der Waals surface area contributed by atoms with Crippen molar-refractivity contribution < 1.29 is 14.3 Å². The van der Waals surface area contributed by atoms with Crippen molar-refractivity contribution in [3.63, 3.8) is 0 Å². The summed E-state index contributed by atoms with van der Waals surface area (Å²) < 4.78 is 4.95. The number of nitrogens with two attached hydrogens (primary N) is 1. The average Bonchev–Trinajstić information content (AvgIpc) is 2.42. The Morgan fingerprint density at radius 3 is 2.29 bits per heavy atom. The molecule has 1 rings (SSSR count). The molecular formula is C14H22ClN3O3. The molecule has 0 aromatic heterocycles. The molecule has 2 amide bonds. The zero-order valence-electron chi connectivity index (χ0n) is 12.5. The van der Waals surface area contributed by atoms with E-state index in [9.17, 15) is 9.59 Å². The number of carbonyl (C=O) groups is 2. The number of hydrogen-bond donors (Lipinski definition) is 2. The smallest absolute Gasteiger partial charge is 0.254 e. The second-order valence-corrected chi connectivity index (χ2v) is 4.61. The first kappa shape index (κ1) is 19.4. The van der Waals surface area contributed by atoms with E-state index in [1.165, 1.54) is 7.11 Å². The predicted octanol–water partition coefficient (Wildman–Crippen LogP) is 0.651. The molecule has 118 valence electrons. The summed E-state index contributed by atoms with van der Waals surface area (Å²) in [4.78, 5) is 24.9. The quantitative estimate of drug-likeness (QED) is 0.807. The maximum absolute atomic E-state index is 11.7. The number of anilines is 1. The molecule has 0 aliphatic rings. The molecule has 7 heteroatoms. The fraction of sp³-hybridized carbons (Fsp3) is 0.429. The lowest BCUT2D eigenvalue weighted by Gasteiger charge is -2.13. The maximum Gasteiger partial charge on any atom is 0.254 e. The maximum atomic E-state index is 11.7. The van der Waals surface area contributed by atoms with Gasteiger partial charge in [-0.2, -0.15) is 0 Å². The molecule has 6 nitrogen and oxygen atoms in total. The van der Waals surface area contributed by atoms with E-state index in [4.69, 9.17) is 10.5 Å². The zero-order valence-corrected chi connectivity index (χ0v) is 13.3. The number of rotatable bonds is 6. The number of carbonyl (C=O) groups excluding carboxylic acids is 2. The first-order chi connectivity index (χ1) is 9.47. The summed E-state index contributed by atoms with van der Waals surface area (Å²) in [5.41, 5.74) is 6.95. The minimum absolute atomic E-state index is 0. The Bertz CT molecular complexity index is 459. The lowest BCUT2D eigenvalue weighted by Crippen LogP contribution is -2.35. The highest BCUT2D eigenvalue weighted by Crippen LogP contribution is 2.11. The summed E-state index contributed by atoms with van der Waals surface area (Å²) in [6.45, 7) is 0.123. The van der Waals surface area contributed by atoms with Crippen LogP contribution in [0.2, 0.25) is 0 Å². The van der Waals surface area contributed by atoms with Gasteiger partial charge in [-0.05, 0) is 17.7 Å². The number of halogens is 1. The normalized spacial score (nSPS) is 11.2. The first-order valence-corrected chi connectivity index (χ1v) is 6.30. The Kier molecular flexibility index (Phi) is 8.61. The minimum Gasteiger partial charge on any atom is -0.370 e. The number of nitrogens with zero attached hydrogens (tertiary/aromatic N) is 1. The molecule has 0 fully saturated rings. The van der Waals surface area contributed by atoms with Crippen LogP contribution in [0.15, 0.2) is 24.3 Å². The molecule has 0 saturated carbocycles. The van der Waals surface area contributed by atoms with Crippen molar-refractivity contribution in [2.45, 2.75) is 12.5 Å². The standard InChI is InChI=1S/C14H21N3O3.ClH/c1-17(2)13(18)8-10-4-6-11(7-5-10)16-14(19)12(9-15)20-3;/h4-7,12H,8-9,15H2,1-3H3,(H,16,19);1H. The molecule has 0 bridgehead atoms. The van der Waals surface area contributed by atoms with E-state index in [0.717, 1.165) is 5.56 Å². The summed E-state index contributed by atoms with van der Waals surface area (Å²) in [5, 5.41) is 2.71. The molecule has 0 saturated heterocycles. The third-order valence-electron chi connectivity index (χ3n) is 2.87. The molecule has 0 spiro atoms. The molecule has 1 aromatic rings. The average molecular weight is 316 g/mol. The van der Waals surface area contributed by atoms with Gasteiger partial charge in [-0.15, -0.1) is 12.4 Å². The second kappa shape index (κ2) is 9.33. The van der Waals surface area contributed by atoms with Gasteiger partial charge >= 0.3 is 0 Å². The molecule has 3 N–H and O–H groups in total. The molecule has 0 heterocycles. The fourth-order valence-electron chi connectivity index (χ4n) is 1.57. The van der Waals surface area contributed by atoms with Crippen molar-refractivity contribution in [3.05, 3.63) is 29.8 Å². The van der Waals surface area contributed by atoms with Crippen LogP contribution in [0.25, 0.3) is 0 Å². The van der Waals surface area contributed by atoms with Crippen LogP contribution < -0.4 is 11.1 Å². The number of benzene rings is 1. The highest BCUT2D eigenvalue weighted by Gasteiger charge is 2.15. The van der Waals surface area contributed by atoms with Crippen molar-refractivity contribution in [1.82, 2.24) is 4.90 Å². The molecule has 1 aromatic carbocycles. The van der Waals surface area contributed by atoms with Crippen LogP contribution >= 0.6 is 12.4 Å². The highest BCUT2D eigenvalue weighted by molar-refractivity contribution is 5.94. The Morgan fingerprint density at radius 1 is 1.29 bits per heavy atom. The van der Waals surface area contributed by atoms with Gasteiger partial charge in [0.15, 0.2) is 0 Å². The van der Waals surface area contributed by atoms with Gasteiger partial charge < -0.3 is 20.7 Å². The van der Waals surface area contributed by atoms with Crippen LogP contribution in [0.1, 0.15) is 5.56 Å². The number of amides is 2. The highest BCUT2D eigenvalue weighted by atomic mass is 35.5. The largest absolute Gasteiger partial charge is 0.370 e. The second-order valence-electron chi connectivity index (χ2n) is 4.61. The number of hydrogen-bond acceptors (Lipinski definition) is 4. The molecule has 21 heavy (non-hydrogen) atoms. The zero-order chi connectivity index (χ0) is 15.1. The van der Waals surface area contributed by atoms with Crippen LogP contribution in [-0.2, 0) is 20.7 Å². The van der Waals surface area contributed by atoms with Crippen LogP contribution in [0, 0.1) is 0 Å². The first-order valence-electron chi connectivity index (χ1n) is 6.30. The summed E-state index contributed by atoms with van der Waals surface area (Å²) in [6, 6.07) is 7.11. The third-order valence-corrected chi connectivity index (χ3v) is 2.87. The SMILES string of the molecule is COC(CN)C(=O)Nc1ccc(CC(=O)N(C)C)cc1.Cl. The monoisotopic (exact) mass is 315 g/mol. The topological polar surface area (TPSA) is 84.7 Å². The van der Waals surface area contributed by atoms with Crippen molar-refractivity contribution in [1.29, 1.82) is 0 Å². The van der Waals surface area contributed by atoms with Gasteiger partial charge in [0.05, 0.1) is 6.42 Å². The van der Waals surface area contributed by atoms with Crippen molar-refractivity contribution in [2.75, 3.05) is 33.1 Å². The van der Waals surface area contributed by atoms with Gasteiger partial charge in [-0.3, -0.25) is 9.59 Å². The molecular weight excluding hydrogens is 294 g/mol. The van der Waals surface area contributed by atoms with Crippen LogP contribution in [0.4, 0.5) is 5.69 Å². The summed E-state index contributed by atoms with van der Waals surface area (Å²) in [6.07, 6.45) is -0.324. The molecule has 0 aliphatic heterocycles. The number of nitrogens with one attached hydrogen (secondary N) is 1. The molecule has 1 atom stereocenters. The van der Waals surface area contributed by atoms with E-state index < -0.39 is 6.10 Å². The Labute approximate surface area is 131 Å². The van der Waals surface area contributed by atoms with Gasteiger partial charge in [0.2, 0.25) is 5.91 Å². The van der Waals surface area contributed by atoms with Crippen LogP contribution in [0.5, 0.6) is 0 Å². The lowest BCUT2D eigenvalue weighted by atomic mass is 10.1. The van der Waals surface area contributed by atoms with Crippen molar-refractivity contribution in [2.24, 2.45) is 5.73 Å². The van der Waals surface area contributed by atoms with Crippen molar-refractivity contribution >= 4 is 29.9 Å². The summed E-state index contributed by atoms with van der Waals surface area (Å²) in [5.74, 6) is -0.253. The Hall–Kier alpha value is -1.63. The predicted molar refractivity (Wildman–Crippen MR) is 84.6 cm³/mol. The molecule has 1 unspecified atom stereocenters. The van der Waals surface area contributed by atoms with E-state index in [1.54, 1.807) is 43.3 Å². The van der Waals surface area contributed by atoms with E-state index in [0.29, 0.717) is 12.1 Å². The minimum atomic E-state index is -0.662.